The van der Waals surface area contributed by atoms with E-state index < -0.39 is 0 Å². The van der Waals surface area contributed by atoms with Crippen molar-refractivity contribution in [2.24, 2.45) is 0 Å². The molecule has 0 aromatic carbocycles. The maximum atomic E-state index is 5.83. The molecule has 1 aromatic rings. The van der Waals surface area contributed by atoms with Gasteiger partial charge in [0.15, 0.2) is 0 Å². The van der Waals surface area contributed by atoms with Crippen molar-refractivity contribution in [2.75, 3.05) is 38.7 Å². The Hall–Kier alpha value is -1.20. The molecule has 0 bridgehead atoms. The fourth-order valence-corrected chi connectivity index (χ4v) is 2.07. The van der Waals surface area contributed by atoms with Crippen molar-refractivity contribution >= 4 is 5.95 Å². The van der Waals surface area contributed by atoms with Crippen LogP contribution in [0, 0.1) is 0 Å². The van der Waals surface area contributed by atoms with Crippen LogP contribution in [0.2, 0.25) is 0 Å². The van der Waals surface area contributed by atoms with Crippen molar-refractivity contribution < 1.29 is 4.74 Å². The Labute approximate surface area is 109 Å². The number of anilines is 1. The zero-order valence-corrected chi connectivity index (χ0v) is 11.6. The molecule has 100 valence electrons. The zero-order chi connectivity index (χ0) is 13.1. The third-order valence-corrected chi connectivity index (χ3v) is 3.22. The highest BCUT2D eigenvalue weighted by Crippen LogP contribution is 2.22. The maximum Gasteiger partial charge on any atom is 0.225 e. The molecule has 0 radical (unpaired) electrons. The minimum atomic E-state index is 0.0582. The minimum absolute atomic E-state index is 0.0582. The molecule has 5 heteroatoms. The van der Waals surface area contributed by atoms with E-state index in [1.54, 1.807) is 6.20 Å². The van der Waals surface area contributed by atoms with Crippen molar-refractivity contribution in [2.45, 2.75) is 26.0 Å². The second-order valence-corrected chi connectivity index (χ2v) is 5.12. The zero-order valence-electron chi connectivity index (χ0n) is 11.6. The lowest BCUT2D eigenvalue weighted by atomic mass is 10.1. The lowest BCUT2D eigenvalue weighted by Gasteiger charge is -2.35. The van der Waals surface area contributed by atoms with Gasteiger partial charge in [0, 0.05) is 39.4 Å². The van der Waals surface area contributed by atoms with Crippen LogP contribution in [0.15, 0.2) is 12.3 Å². The van der Waals surface area contributed by atoms with Gasteiger partial charge in [0.1, 0.15) is 6.10 Å². The van der Waals surface area contributed by atoms with E-state index >= 15 is 0 Å². The predicted molar refractivity (Wildman–Crippen MR) is 71.8 cm³/mol. The number of ether oxygens (including phenoxy) is 1. The van der Waals surface area contributed by atoms with Crippen molar-refractivity contribution in [3.05, 3.63) is 18.0 Å². The number of nitrogens with zero attached hydrogens (tertiary/aromatic N) is 4. The Bertz CT molecular complexity index is 394. The van der Waals surface area contributed by atoms with Gasteiger partial charge < -0.3 is 9.64 Å². The van der Waals surface area contributed by atoms with Crippen LogP contribution in [0.3, 0.4) is 0 Å². The fraction of sp³-hybridized carbons (Fsp3) is 0.692. The molecule has 1 aromatic heterocycles. The molecule has 1 aliphatic rings. The molecule has 1 atom stereocenters. The van der Waals surface area contributed by atoms with Crippen molar-refractivity contribution in [1.82, 2.24) is 14.9 Å². The largest absolute Gasteiger partial charge is 0.369 e. The van der Waals surface area contributed by atoms with Gasteiger partial charge in [-0.05, 0) is 19.9 Å². The lowest BCUT2D eigenvalue weighted by molar-refractivity contribution is -0.0421. The third kappa shape index (κ3) is 2.97. The molecule has 0 aliphatic carbocycles. The molecular weight excluding hydrogens is 228 g/mol. The van der Waals surface area contributed by atoms with E-state index in [1.165, 1.54) is 0 Å². The van der Waals surface area contributed by atoms with Crippen molar-refractivity contribution in [3.8, 4) is 0 Å². The normalized spacial score (nSPS) is 21.3. The molecular formula is C13H22N4O. The van der Waals surface area contributed by atoms with E-state index in [0.29, 0.717) is 6.04 Å². The summed E-state index contributed by atoms with van der Waals surface area (Å²) in [6.45, 7) is 7.10. The second-order valence-electron chi connectivity index (χ2n) is 5.12. The Balaban J connectivity index is 2.13. The molecule has 0 N–H and O–H groups in total. The highest BCUT2D eigenvalue weighted by Gasteiger charge is 2.24. The molecule has 1 saturated heterocycles. The Kier molecular flexibility index (Phi) is 4.14. The van der Waals surface area contributed by atoms with E-state index in [-0.39, 0.29) is 6.10 Å². The van der Waals surface area contributed by atoms with Crippen LogP contribution in [0.4, 0.5) is 5.95 Å². The average Bonchev–Trinajstić information content (AvgIpc) is 2.39. The van der Waals surface area contributed by atoms with Gasteiger partial charge in [-0.25, -0.2) is 9.97 Å². The lowest BCUT2D eigenvalue weighted by Crippen LogP contribution is -2.42. The van der Waals surface area contributed by atoms with E-state index in [2.05, 4.69) is 28.7 Å². The number of aromatic nitrogens is 2. The van der Waals surface area contributed by atoms with Crippen LogP contribution in [0.5, 0.6) is 0 Å². The number of hydrogen-bond acceptors (Lipinski definition) is 5. The van der Waals surface area contributed by atoms with Gasteiger partial charge in [0.05, 0.1) is 12.3 Å². The summed E-state index contributed by atoms with van der Waals surface area (Å²) in [6.07, 6.45) is 1.86. The quantitative estimate of drug-likeness (QED) is 0.809. The van der Waals surface area contributed by atoms with Crippen LogP contribution in [0.1, 0.15) is 25.6 Å². The Morgan fingerprint density at radius 3 is 2.89 bits per heavy atom. The molecule has 2 rings (SSSR count). The number of hydrogen-bond donors (Lipinski definition) is 0. The van der Waals surface area contributed by atoms with Crippen LogP contribution in [0.25, 0.3) is 0 Å². The maximum absolute atomic E-state index is 5.83. The van der Waals surface area contributed by atoms with Crippen LogP contribution in [-0.2, 0) is 4.74 Å². The third-order valence-electron chi connectivity index (χ3n) is 3.22. The molecule has 18 heavy (non-hydrogen) atoms. The van der Waals surface area contributed by atoms with Gasteiger partial charge in [-0.15, -0.1) is 0 Å². The van der Waals surface area contributed by atoms with Gasteiger partial charge in [-0.3, -0.25) is 4.90 Å². The molecule has 0 amide bonds. The van der Waals surface area contributed by atoms with E-state index in [9.17, 15) is 0 Å². The predicted octanol–water partition coefficient (Wildman–Crippen LogP) is 1.32. The van der Waals surface area contributed by atoms with Crippen molar-refractivity contribution in [3.63, 3.8) is 0 Å². The molecule has 2 heterocycles. The Morgan fingerprint density at radius 2 is 2.22 bits per heavy atom. The first-order chi connectivity index (χ1) is 8.58. The monoisotopic (exact) mass is 250 g/mol. The summed E-state index contributed by atoms with van der Waals surface area (Å²) in [6, 6.07) is 2.49. The van der Waals surface area contributed by atoms with Gasteiger partial charge in [0.25, 0.3) is 0 Å². The highest BCUT2D eigenvalue weighted by molar-refractivity contribution is 5.27. The fourth-order valence-electron chi connectivity index (χ4n) is 2.07. The second kappa shape index (κ2) is 5.63. The summed E-state index contributed by atoms with van der Waals surface area (Å²) >= 11 is 0. The summed E-state index contributed by atoms with van der Waals surface area (Å²) in [4.78, 5) is 13.1. The van der Waals surface area contributed by atoms with Gasteiger partial charge in [-0.1, -0.05) is 0 Å². The van der Waals surface area contributed by atoms with Gasteiger partial charge in [0.2, 0.25) is 5.95 Å². The van der Waals surface area contributed by atoms with Crippen LogP contribution < -0.4 is 4.90 Å². The summed E-state index contributed by atoms with van der Waals surface area (Å²) < 4.78 is 5.83. The first kappa shape index (κ1) is 13.2. The molecule has 0 spiro atoms. The van der Waals surface area contributed by atoms with E-state index in [4.69, 9.17) is 4.74 Å². The minimum Gasteiger partial charge on any atom is -0.369 e. The molecule has 0 unspecified atom stereocenters. The van der Waals surface area contributed by atoms with E-state index in [1.807, 2.05) is 25.1 Å². The SMILES string of the molecule is CC(C)N1CCO[C@H](c2ccnc(N(C)C)n2)C1. The summed E-state index contributed by atoms with van der Waals surface area (Å²) in [5, 5.41) is 0. The number of rotatable bonds is 3. The van der Waals surface area contributed by atoms with Gasteiger partial charge >= 0.3 is 0 Å². The standard InChI is InChI=1S/C13H22N4O/c1-10(2)17-7-8-18-12(9-17)11-5-6-14-13(15-11)16(3)4/h5-6,10,12H,7-9H2,1-4H3/t12-/m0/s1. The summed E-state index contributed by atoms with van der Waals surface area (Å²) in [7, 11) is 3.89. The molecule has 5 nitrogen and oxygen atoms in total. The topological polar surface area (TPSA) is 41.5 Å². The van der Waals surface area contributed by atoms with E-state index in [0.717, 1.165) is 31.3 Å². The average molecular weight is 250 g/mol. The molecule has 1 aliphatic heterocycles. The first-order valence-electron chi connectivity index (χ1n) is 6.44. The summed E-state index contributed by atoms with van der Waals surface area (Å²) in [5.41, 5.74) is 0.971. The van der Waals surface area contributed by atoms with Crippen LogP contribution in [-0.4, -0.2) is 54.7 Å². The van der Waals surface area contributed by atoms with Crippen LogP contribution >= 0.6 is 0 Å². The van der Waals surface area contributed by atoms with Crippen molar-refractivity contribution in [1.29, 1.82) is 0 Å². The first-order valence-corrected chi connectivity index (χ1v) is 6.44. The molecule has 0 saturated carbocycles. The Morgan fingerprint density at radius 1 is 1.44 bits per heavy atom. The highest BCUT2D eigenvalue weighted by atomic mass is 16.5. The smallest absolute Gasteiger partial charge is 0.225 e. The summed E-state index contributed by atoms with van der Waals surface area (Å²) in [5.74, 6) is 0.734. The number of morpholine rings is 1. The van der Waals surface area contributed by atoms with Gasteiger partial charge in [-0.2, -0.15) is 0 Å². The molecule has 1 fully saturated rings.